The number of ether oxygens (including phenoxy) is 1. The Morgan fingerprint density at radius 2 is 1.87 bits per heavy atom. The molecule has 0 radical (unpaired) electrons. The van der Waals surface area contributed by atoms with Crippen molar-refractivity contribution < 1.29 is 9.53 Å². The lowest BCUT2D eigenvalue weighted by atomic mass is 9.49. The fraction of sp³-hybridized carbons (Fsp3) is 0.500. The van der Waals surface area contributed by atoms with E-state index in [1.165, 1.54) is 0 Å². The molecule has 4 heterocycles. The Bertz CT molecular complexity index is 1390. The van der Waals surface area contributed by atoms with Crippen LogP contribution in [0.15, 0.2) is 30.3 Å². The number of pyridine rings is 1. The zero-order valence-corrected chi connectivity index (χ0v) is 23.0. The molecule has 7 nitrogen and oxygen atoms in total. The standard InChI is InChI=1S/C30H32ClN5O2/c1-29(2)27(30(3,4)28(29)38-22-9-6-19(12-32)24(31)11-22)36-17-25-23(26(36)37)10-8-20(34-25)7-5-18-15-35(16-18)21-13-33-14-21/h6,8-11,18,21,27-28,33H,13-17H2,1-4H3. The van der Waals surface area contributed by atoms with E-state index >= 15 is 0 Å². The first-order chi connectivity index (χ1) is 18.1. The van der Waals surface area contributed by atoms with Gasteiger partial charge in [0.1, 0.15) is 23.6 Å². The second-order valence-corrected chi connectivity index (χ2v) is 12.6. The van der Waals surface area contributed by atoms with E-state index in [2.05, 4.69) is 55.8 Å². The van der Waals surface area contributed by atoms with E-state index in [0.29, 0.717) is 40.4 Å². The van der Waals surface area contributed by atoms with Crippen LogP contribution in [0, 0.1) is 39.9 Å². The summed E-state index contributed by atoms with van der Waals surface area (Å²) in [5.74, 6) is 7.66. The zero-order chi connectivity index (χ0) is 26.8. The van der Waals surface area contributed by atoms with Crippen molar-refractivity contribution in [2.75, 3.05) is 26.2 Å². The number of benzene rings is 1. The quantitative estimate of drug-likeness (QED) is 0.608. The van der Waals surface area contributed by atoms with Gasteiger partial charge >= 0.3 is 0 Å². The molecule has 2 saturated heterocycles. The summed E-state index contributed by atoms with van der Waals surface area (Å²) in [7, 11) is 0. The van der Waals surface area contributed by atoms with Gasteiger partial charge in [0.15, 0.2) is 0 Å². The van der Waals surface area contributed by atoms with Gasteiger partial charge < -0.3 is 15.0 Å². The summed E-state index contributed by atoms with van der Waals surface area (Å²) in [5, 5.41) is 12.9. The normalized spacial score (nSPS) is 25.8. The number of hydrogen-bond donors (Lipinski definition) is 1. The van der Waals surface area contributed by atoms with Gasteiger partial charge in [-0.25, -0.2) is 4.98 Å². The predicted octanol–water partition coefficient (Wildman–Crippen LogP) is 3.70. The second kappa shape index (κ2) is 8.99. The van der Waals surface area contributed by atoms with Gasteiger partial charge in [0, 0.05) is 61.1 Å². The van der Waals surface area contributed by atoms with Gasteiger partial charge in [0.25, 0.3) is 5.91 Å². The maximum atomic E-state index is 13.5. The minimum absolute atomic E-state index is 0.0155. The van der Waals surface area contributed by atoms with E-state index in [1.54, 1.807) is 18.2 Å². The minimum Gasteiger partial charge on any atom is -0.489 e. The van der Waals surface area contributed by atoms with Gasteiger partial charge in [-0.3, -0.25) is 9.69 Å². The minimum atomic E-state index is -0.309. The molecule has 4 aliphatic rings. The number of carbonyl (C=O) groups excluding carboxylic acids is 1. The molecule has 0 unspecified atom stereocenters. The van der Waals surface area contributed by atoms with Crippen molar-refractivity contribution in [1.29, 1.82) is 5.26 Å². The number of nitrogens with one attached hydrogen (secondary N) is 1. The Hall–Kier alpha value is -3.10. The molecule has 3 aliphatic heterocycles. The molecule has 6 rings (SSSR count). The molecule has 0 spiro atoms. The highest BCUT2D eigenvalue weighted by Gasteiger charge is 2.67. The van der Waals surface area contributed by atoms with E-state index in [4.69, 9.17) is 26.6 Å². The Kier molecular flexibility index (Phi) is 5.96. The van der Waals surface area contributed by atoms with Crippen molar-refractivity contribution in [2.45, 2.75) is 52.4 Å². The highest BCUT2D eigenvalue weighted by atomic mass is 35.5. The van der Waals surface area contributed by atoms with E-state index in [1.807, 2.05) is 17.0 Å². The summed E-state index contributed by atoms with van der Waals surface area (Å²) in [6.45, 7) is 13.3. The van der Waals surface area contributed by atoms with Crippen molar-refractivity contribution in [1.82, 2.24) is 20.1 Å². The second-order valence-electron chi connectivity index (χ2n) is 12.2. The first kappa shape index (κ1) is 25.2. The fourth-order valence-corrected chi connectivity index (χ4v) is 7.32. The summed E-state index contributed by atoms with van der Waals surface area (Å²) >= 11 is 6.23. The lowest BCUT2D eigenvalue weighted by Gasteiger charge is -2.65. The van der Waals surface area contributed by atoms with E-state index in [0.717, 1.165) is 37.6 Å². The van der Waals surface area contributed by atoms with Crippen LogP contribution in [0.2, 0.25) is 5.02 Å². The number of fused-ring (bicyclic) bond motifs is 1. The fourth-order valence-electron chi connectivity index (χ4n) is 7.10. The number of nitriles is 1. The molecular formula is C30H32ClN5O2. The monoisotopic (exact) mass is 529 g/mol. The molecule has 1 saturated carbocycles. The smallest absolute Gasteiger partial charge is 0.256 e. The summed E-state index contributed by atoms with van der Waals surface area (Å²) in [6, 6.07) is 11.6. The number of carbonyl (C=O) groups is 1. The summed E-state index contributed by atoms with van der Waals surface area (Å²) in [4.78, 5) is 22.7. The van der Waals surface area contributed by atoms with E-state index < -0.39 is 0 Å². The number of hydrogen-bond acceptors (Lipinski definition) is 6. The SMILES string of the molecule is CC1(C)C(Oc2ccc(C#N)c(Cl)c2)C(C)(C)C1N1Cc2nc(C#CC3CN(C4CNC4)C3)ccc2C1=O. The van der Waals surface area contributed by atoms with Crippen LogP contribution in [0.25, 0.3) is 0 Å². The third-order valence-electron chi connectivity index (χ3n) is 8.76. The molecule has 8 heteroatoms. The lowest BCUT2D eigenvalue weighted by molar-refractivity contribution is -0.199. The number of rotatable bonds is 4. The highest BCUT2D eigenvalue weighted by Crippen LogP contribution is 2.59. The van der Waals surface area contributed by atoms with Crippen LogP contribution < -0.4 is 10.1 Å². The van der Waals surface area contributed by atoms with Gasteiger partial charge in [0.05, 0.1) is 28.4 Å². The number of nitrogens with zero attached hydrogens (tertiary/aromatic N) is 4. The van der Waals surface area contributed by atoms with Crippen LogP contribution in [0.5, 0.6) is 5.75 Å². The van der Waals surface area contributed by atoms with Crippen molar-refractivity contribution in [3.8, 4) is 23.7 Å². The number of likely N-dealkylation sites (tertiary alicyclic amines) is 1. The molecule has 1 aromatic heterocycles. The molecule has 38 heavy (non-hydrogen) atoms. The first-order valence-corrected chi connectivity index (χ1v) is 13.6. The van der Waals surface area contributed by atoms with Crippen LogP contribution in [-0.4, -0.2) is 65.1 Å². The van der Waals surface area contributed by atoms with Gasteiger partial charge in [-0.2, -0.15) is 5.26 Å². The summed E-state index contributed by atoms with van der Waals surface area (Å²) < 4.78 is 6.41. The number of aromatic nitrogens is 1. The summed E-state index contributed by atoms with van der Waals surface area (Å²) in [6.07, 6.45) is -0.146. The van der Waals surface area contributed by atoms with E-state index in [-0.39, 0.29) is 28.9 Å². The van der Waals surface area contributed by atoms with Crippen molar-refractivity contribution in [2.24, 2.45) is 16.7 Å². The Morgan fingerprint density at radius 1 is 1.13 bits per heavy atom. The molecule has 1 aromatic carbocycles. The van der Waals surface area contributed by atoms with Crippen LogP contribution in [-0.2, 0) is 6.54 Å². The molecule has 196 valence electrons. The van der Waals surface area contributed by atoms with Crippen molar-refractivity contribution in [3.05, 3.63) is 57.9 Å². The highest BCUT2D eigenvalue weighted by molar-refractivity contribution is 6.31. The molecule has 3 fully saturated rings. The van der Waals surface area contributed by atoms with Crippen molar-refractivity contribution >= 4 is 17.5 Å². The zero-order valence-electron chi connectivity index (χ0n) is 22.2. The molecule has 1 N–H and O–H groups in total. The number of amides is 1. The van der Waals surface area contributed by atoms with Gasteiger partial charge in [0.2, 0.25) is 0 Å². The van der Waals surface area contributed by atoms with E-state index in [9.17, 15) is 4.79 Å². The van der Waals surface area contributed by atoms with Crippen LogP contribution in [0.3, 0.4) is 0 Å². The third kappa shape index (κ3) is 3.96. The maximum Gasteiger partial charge on any atom is 0.256 e. The predicted molar refractivity (Wildman–Crippen MR) is 145 cm³/mol. The average Bonchev–Trinajstić information content (AvgIpc) is 3.11. The molecule has 2 aromatic rings. The van der Waals surface area contributed by atoms with Gasteiger partial charge in [-0.15, -0.1) is 0 Å². The van der Waals surface area contributed by atoms with Gasteiger partial charge in [-0.1, -0.05) is 45.2 Å². The molecule has 0 bridgehead atoms. The third-order valence-corrected chi connectivity index (χ3v) is 9.08. The van der Waals surface area contributed by atoms with Crippen LogP contribution in [0.1, 0.15) is 55.0 Å². The average molecular weight is 530 g/mol. The van der Waals surface area contributed by atoms with Crippen molar-refractivity contribution in [3.63, 3.8) is 0 Å². The van der Waals surface area contributed by atoms with Crippen LogP contribution >= 0.6 is 11.6 Å². The largest absolute Gasteiger partial charge is 0.489 e. The first-order valence-electron chi connectivity index (χ1n) is 13.2. The Balaban J connectivity index is 1.15. The Labute approximate surface area is 229 Å². The maximum absolute atomic E-state index is 13.5. The topological polar surface area (TPSA) is 81.5 Å². The molecular weight excluding hydrogens is 498 g/mol. The van der Waals surface area contributed by atoms with Gasteiger partial charge in [-0.05, 0) is 30.2 Å². The molecule has 0 atom stereocenters. The Morgan fingerprint density at radius 3 is 2.50 bits per heavy atom. The summed E-state index contributed by atoms with van der Waals surface area (Å²) in [5.41, 5.74) is 1.99. The molecule has 1 amide bonds. The van der Waals surface area contributed by atoms with Crippen LogP contribution in [0.4, 0.5) is 0 Å². The molecule has 1 aliphatic carbocycles. The number of halogens is 1. The lowest BCUT2D eigenvalue weighted by Crippen LogP contribution is -2.74.